The number of nitrogens with zero attached hydrogens (tertiary/aromatic N) is 1. The van der Waals surface area contributed by atoms with Crippen LogP contribution in [0, 0.1) is 0 Å². The molecular weight excluding hydrogens is 386 g/mol. The first-order valence-corrected chi connectivity index (χ1v) is 12.0. The van der Waals surface area contributed by atoms with E-state index in [1.807, 2.05) is 30.3 Å². The molecule has 1 aliphatic heterocycles. The van der Waals surface area contributed by atoms with Crippen LogP contribution in [0.5, 0.6) is 5.75 Å². The van der Waals surface area contributed by atoms with Crippen molar-refractivity contribution in [2.24, 2.45) is 0 Å². The fourth-order valence-corrected chi connectivity index (χ4v) is 6.42. The fourth-order valence-electron chi connectivity index (χ4n) is 3.08. The molecule has 146 valence electrons. The molecule has 0 N–H and O–H groups in total. The molecule has 1 aliphatic rings. The van der Waals surface area contributed by atoms with Gasteiger partial charge in [-0.15, -0.1) is 0 Å². The lowest BCUT2D eigenvalue weighted by Crippen LogP contribution is -2.34. The van der Waals surface area contributed by atoms with Gasteiger partial charge in [-0.3, -0.25) is 0 Å². The van der Waals surface area contributed by atoms with Gasteiger partial charge in [0.05, 0.1) is 22.5 Å². The number of rotatable bonds is 8. The highest BCUT2D eigenvalue weighted by molar-refractivity contribution is 7.92. The van der Waals surface area contributed by atoms with Crippen molar-refractivity contribution in [2.75, 3.05) is 25.4 Å². The second kappa shape index (κ2) is 8.41. The molecule has 3 rings (SSSR count). The Labute approximate surface area is 160 Å². The lowest BCUT2D eigenvalue weighted by atomic mass is 10.3. The van der Waals surface area contributed by atoms with E-state index in [4.69, 9.17) is 4.74 Å². The number of benzene rings is 2. The number of sulfone groups is 1. The van der Waals surface area contributed by atoms with Crippen molar-refractivity contribution in [3.05, 3.63) is 60.7 Å². The van der Waals surface area contributed by atoms with Crippen LogP contribution in [0.3, 0.4) is 0 Å². The van der Waals surface area contributed by atoms with E-state index in [-0.39, 0.29) is 23.7 Å². The van der Waals surface area contributed by atoms with Crippen LogP contribution in [0.2, 0.25) is 0 Å². The molecule has 0 radical (unpaired) electrons. The monoisotopic (exact) mass is 409 g/mol. The minimum Gasteiger partial charge on any atom is -0.494 e. The maximum absolute atomic E-state index is 12.7. The standard InChI is InChI=1S/C19H23NO5S2/c21-26(22,15-7-14-25-17-8-3-1-4-9-17)20-13-12-19(16-20)27(23,24)18-10-5-2-6-11-18/h1-6,8-11,19H,7,12-16H2. The number of hydrogen-bond acceptors (Lipinski definition) is 5. The van der Waals surface area contributed by atoms with Crippen LogP contribution in [-0.4, -0.2) is 51.8 Å². The van der Waals surface area contributed by atoms with Gasteiger partial charge >= 0.3 is 0 Å². The van der Waals surface area contributed by atoms with Crippen molar-refractivity contribution in [3.8, 4) is 5.75 Å². The molecule has 0 bridgehead atoms. The van der Waals surface area contributed by atoms with Crippen LogP contribution in [-0.2, 0) is 19.9 Å². The molecular formula is C19H23NO5S2. The zero-order chi connectivity index (χ0) is 19.3. The summed E-state index contributed by atoms with van der Waals surface area (Å²) in [5, 5.41) is -0.699. The van der Waals surface area contributed by atoms with Crippen LogP contribution in [0.15, 0.2) is 65.6 Å². The largest absolute Gasteiger partial charge is 0.494 e. The molecule has 1 fully saturated rings. The normalized spacial score (nSPS) is 18.4. The van der Waals surface area contributed by atoms with Crippen molar-refractivity contribution in [2.45, 2.75) is 23.0 Å². The predicted molar refractivity (Wildman–Crippen MR) is 104 cm³/mol. The number of sulfonamides is 1. The average molecular weight is 410 g/mol. The fraction of sp³-hybridized carbons (Fsp3) is 0.368. The van der Waals surface area contributed by atoms with Gasteiger partial charge in [-0.25, -0.2) is 21.1 Å². The summed E-state index contributed by atoms with van der Waals surface area (Å²) in [5.74, 6) is 0.642. The van der Waals surface area contributed by atoms with Gasteiger partial charge in [0.1, 0.15) is 5.75 Å². The summed E-state index contributed by atoms with van der Waals surface area (Å²) in [6.45, 7) is 0.542. The summed E-state index contributed by atoms with van der Waals surface area (Å²) in [6, 6.07) is 17.4. The van der Waals surface area contributed by atoms with E-state index < -0.39 is 25.1 Å². The van der Waals surface area contributed by atoms with Crippen LogP contribution in [0.25, 0.3) is 0 Å². The van der Waals surface area contributed by atoms with Crippen LogP contribution < -0.4 is 4.74 Å². The Morgan fingerprint density at radius 3 is 2.22 bits per heavy atom. The molecule has 6 nitrogen and oxygen atoms in total. The minimum absolute atomic E-state index is 0.0130. The Hall–Kier alpha value is -1.90. The summed E-state index contributed by atoms with van der Waals surface area (Å²) in [4.78, 5) is 0.241. The first kappa shape index (κ1) is 19.9. The van der Waals surface area contributed by atoms with Crippen molar-refractivity contribution in [1.29, 1.82) is 0 Å². The Bertz CT molecular complexity index is 944. The maximum Gasteiger partial charge on any atom is 0.214 e. The molecule has 0 aromatic heterocycles. The van der Waals surface area contributed by atoms with Crippen LogP contribution in [0.4, 0.5) is 0 Å². The SMILES string of the molecule is O=S(=O)(c1ccccc1)C1CCN(S(=O)(=O)CCCOc2ccccc2)C1. The van der Waals surface area contributed by atoms with Gasteiger partial charge in [0.2, 0.25) is 10.0 Å². The second-order valence-corrected chi connectivity index (χ2v) is 10.8. The minimum atomic E-state index is -3.52. The maximum atomic E-state index is 12.7. The molecule has 1 unspecified atom stereocenters. The molecule has 27 heavy (non-hydrogen) atoms. The lowest BCUT2D eigenvalue weighted by molar-refractivity contribution is 0.316. The highest BCUT2D eigenvalue weighted by atomic mass is 32.2. The quantitative estimate of drug-likeness (QED) is 0.625. The summed E-state index contributed by atoms with van der Waals surface area (Å²) < 4.78 is 57.2. The highest BCUT2D eigenvalue weighted by Gasteiger charge is 2.38. The first-order chi connectivity index (χ1) is 12.9. The summed E-state index contributed by atoms with van der Waals surface area (Å²) in [6.07, 6.45) is 0.667. The second-order valence-electron chi connectivity index (χ2n) is 6.46. The molecule has 0 amide bonds. The lowest BCUT2D eigenvalue weighted by Gasteiger charge is -2.17. The number of ether oxygens (including phenoxy) is 1. The van der Waals surface area contributed by atoms with Crippen molar-refractivity contribution in [1.82, 2.24) is 4.31 Å². The van der Waals surface area contributed by atoms with E-state index in [1.54, 1.807) is 30.3 Å². The van der Waals surface area contributed by atoms with E-state index in [9.17, 15) is 16.8 Å². The van der Waals surface area contributed by atoms with Gasteiger partial charge < -0.3 is 4.74 Å². The van der Waals surface area contributed by atoms with Crippen molar-refractivity contribution < 1.29 is 21.6 Å². The van der Waals surface area contributed by atoms with Crippen LogP contribution >= 0.6 is 0 Å². The van der Waals surface area contributed by atoms with E-state index >= 15 is 0 Å². The number of para-hydroxylation sites is 1. The van der Waals surface area contributed by atoms with Gasteiger partial charge in [-0.2, -0.15) is 0 Å². The number of hydrogen-bond donors (Lipinski definition) is 0. The van der Waals surface area contributed by atoms with Gasteiger partial charge in [-0.1, -0.05) is 36.4 Å². The third-order valence-electron chi connectivity index (χ3n) is 4.57. The Morgan fingerprint density at radius 1 is 0.926 bits per heavy atom. The zero-order valence-electron chi connectivity index (χ0n) is 14.9. The summed E-state index contributed by atoms with van der Waals surface area (Å²) in [7, 11) is -7.02. The van der Waals surface area contributed by atoms with E-state index in [0.717, 1.165) is 0 Å². The topological polar surface area (TPSA) is 80.8 Å². The van der Waals surface area contributed by atoms with E-state index in [0.29, 0.717) is 25.2 Å². The Morgan fingerprint density at radius 2 is 1.56 bits per heavy atom. The molecule has 0 spiro atoms. The van der Waals surface area contributed by atoms with Gasteiger partial charge in [-0.05, 0) is 37.1 Å². The average Bonchev–Trinajstić information content (AvgIpc) is 3.19. The first-order valence-electron chi connectivity index (χ1n) is 8.84. The molecule has 2 aromatic carbocycles. The molecule has 1 heterocycles. The van der Waals surface area contributed by atoms with Crippen LogP contribution in [0.1, 0.15) is 12.8 Å². The van der Waals surface area contributed by atoms with E-state index in [2.05, 4.69) is 0 Å². The van der Waals surface area contributed by atoms with Crippen molar-refractivity contribution in [3.63, 3.8) is 0 Å². The molecule has 1 saturated heterocycles. The molecule has 8 heteroatoms. The van der Waals surface area contributed by atoms with Gasteiger partial charge in [0.25, 0.3) is 0 Å². The Balaban J connectivity index is 1.54. The van der Waals surface area contributed by atoms with Gasteiger partial charge in [0.15, 0.2) is 9.84 Å². The summed E-state index contributed by atoms with van der Waals surface area (Å²) >= 11 is 0. The third kappa shape index (κ3) is 4.88. The smallest absolute Gasteiger partial charge is 0.214 e. The summed E-state index contributed by atoms with van der Waals surface area (Å²) in [5.41, 5.74) is 0. The third-order valence-corrected chi connectivity index (χ3v) is 8.68. The molecule has 0 aliphatic carbocycles. The zero-order valence-corrected chi connectivity index (χ0v) is 16.5. The predicted octanol–water partition coefficient (Wildman–Crippen LogP) is 2.33. The Kier molecular flexibility index (Phi) is 6.18. The molecule has 2 aromatic rings. The molecule has 1 atom stereocenters. The van der Waals surface area contributed by atoms with Gasteiger partial charge in [0, 0.05) is 13.1 Å². The molecule has 0 saturated carbocycles. The highest BCUT2D eigenvalue weighted by Crippen LogP contribution is 2.25. The van der Waals surface area contributed by atoms with E-state index in [1.165, 1.54) is 4.31 Å². The van der Waals surface area contributed by atoms with Crippen molar-refractivity contribution >= 4 is 19.9 Å².